The summed E-state index contributed by atoms with van der Waals surface area (Å²) in [7, 11) is 0. The molecule has 0 aromatic rings. The Morgan fingerprint density at radius 1 is 1.08 bits per heavy atom. The molecular formula is C8H15NO3. The van der Waals surface area contributed by atoms with Gasteiger partial charge < -0.3 is 15.3 Å². The zero-order valence-electron chi connectivity index (χ0n) is 6.93. The molecule has 70 valence electrons. The first-order valence-corrected chi connectivity index (χ1v) is 4.48. The van der Waals surface area contributed by atoms with Gasteiger partial charge in [-0.1, -0.05) is 0 Å². The maximum absolute atomic E-state index is 9.55. The van der Waals surface area contributed by atoms with Crippen LogP contribution < -0.4 is 0 Å². The first kappa shape index (κ1) is 8.44. The summed E-state index contributed by atoms with van der Waals surface area (Å²) in [4.78, 5) is 1.98. The predicted molar refractivity (Wildman–Crippen MR) is 42.6 cm³/mol. The number of rotatable bonds is 0. The molecule has 2 saturated heterocycles. The van der Waals surface area contributed by atoms with Crippen LogP contribution in [0.2, 0.25) is 0 Å². The molecule has 0 saturated carbocycles. The second kappa shape index (κ2) is 2.96. The summed E-state index contributed by atoms with van der Waals surface area (Å²) in [5, 5.41) is 28.4. The van der Waals surface area contributed by atoms with Gasteiger partial charge in [-0.2, -0.15) is 0 Å². The SMILES string of the molecule is O[C@H]1[C@H]2[C@@H](O)CCCN2C[C@H]1O. The molecule has 12 heavy (non-hydrogen) atoms. The Morgan fingerprint density at radius 3 is 2.50 bits per heavy atom. The lowest BCUT2D eigenvalue weighted by Crippen LogP contribution is -2.48. The predicted octanol–water partition coefficient (Wildman–Crippen LogP) is -1.45. The summed E-state index contributed by atoms with van der Waals surface area (Å²) in [6.07, 6.45) is -0.212. The van der Waals surface area contributed by atoms with Crippen molar-refractivity contribution in [3.05, 3.63) is 0 Å². The highest BCUT2D eigenvalue weighted by atomic mass is 16.3. The molecule has 0 spiro atoms. The van der Waals surface area contributed by atoms with Crippen LogP contribution in [-0.2, 0) is 0 Å². The van der Waals surface area contributed by atoms with Gasteiger partial charge in [0.15, 0.2) is 0 Å². The van der Waals surface area contributed by atoms with Gasteiger partial charge in [-0.25, -0.2) is 0 Å². The molecule has 2 rings (SSSR count). The number of aliphatic hydroxyl groups excluding tert-OH is 3. The summed E-state index contributed by atoms with van der Waals surface area (Å²) in [6, 6.07) is -0.228. The monoisotopic (exact) mass is 173 g/mol. The fourth-order valence-electron chi connectivity index (χ4n) is 2.30. The number of piperidine rings is 1. The molecule has 2 heterocycles. The lowest BCUT2D eigenvalue weighted by molar-refractivity contribution is -0.0282. The molecular weight excluding hydrogens is 158 g/mol. The van der Waals surface area contributed by atoms with Crippen molar-refractivity contribution in [2.24, 2.45) is 0 Å². The lowest BCUT2D eigenvalue weighted by Gasteiger charge is -2.34. The van der Waals surface area contributed by atoms with Gasteiger partial charge in [-0.3, -0.25) is 4.90 Å². The number of fused-ring (bicyclic) bond motifs is 1. The Hall–Kier alpha value is -0.160. The summed E-state index contributed by atoms with van der Waals surface area (Å²) >= 11 is 0. The first-order valence-electron chi connectivity index (χ1n) is 4.48. The Labute approximate surface area is 71.4 Å². The summed E-state index contributed by atoms with van der Waals surface area (Å²) in [5.74, 6) is 0. The molecule has 3 N–H and O–H groups in total. The van der Waals surface area contributed by atoms with Gasteiger partial charge in [0.25, 0.3) is 0 Å². The van der Waals surface area contributed by atoms with Gasteiger partial charge in [0.2, 0.25) is 0 Å². The van der Waals surface area contributed by atoms with Crippen molar-refractivity contribution < 1.29 is 15.3 Å². The van der Waals surface area contributed by atoms with Crippen LogP contribution in [0, 0.1) is 0 Å². The molecule has 0 aromatic carbocycles. The van der Waals surface area contributed by atoms with Gasteiger partial charge in [-0.15, -0.1) is 0 Å². The molecule has 4 atom stereocenters. The largest absolute Gasteiger partial charge is 0.391 e. The molecule has 2 aliphatic heterocycles. The number of aliphatic hydroxyl groups is 3. The Bertz CT molecular complexity index is 176. The zero-order valence-corrected chi connectivity index (χ0v) is 6.93. The Morgan fingerprint density at radius 2 is 1.83 bits per heavy atom. The maximum atomic E-state index is 9.55. The Balaban J connectivity index is 2.12. The van der Waals surface area contributed by atoms with E-state index in [1.807, 2.05) is 4.90 Å². The van der Waals surface area contributed by atoms with Gasteiger partial charge in [0.05, 0.1) is 24.4 Å². The molecule has 0 aromatic heterocycles. The molecule has 0 bridgehead atoms. The van der Waals surface area contributed by atoms with Crippen molar-refractivity contribution in [3.8, 4) is 0 Å². The summed E-state index contributed by atoms with van der Waals surface area (Å²) < 4.78 is 0. The topological polar surface area (TPSA) is 63.9 Å². The third-order valence-electron chi connectivity index (χ3n) is 2.93. The van der Waals surface area contributed by atoms with Crippen LogP contribution in [-0.4, -0.2) is 57.7 Å². The number of nitrogens with zero attached hydrogens (tertiary/aromatic N) is 1. The maximum Gasteiger partial charge on any atom is 0.0991 e. The van der Waals surface area contributed by atoms with Crippen LogP contribution in [0.4, 0.5) is 0 Å². The molecule has 0 amide bonds. The van der Waals surface area contributed by atoms with E-state index in [0.717, 1.165) is 19.4 Å². The molecule has 2 aliphatic rings. The smallest absolute Gasteiger partial charge is 0.0991 e. The van der Waals surface area contributed by atoms with Gasteiger partial charge >= 0.3 is 0 Å². The summed E-state index contributed by atoms with van der Waals surface area (Å²) in [5.41, 5.74) is 0. The molecule has 2 fully saturated rings. The van der Waals surface area contributed by atoms with Crippen molar-refractivity contribution >= 4 is 0 Å². The molecule has 0 radical (unpaired) electrons. The molecule has 4 heteroatoms. The average Bonchev–Trinajstić information content (AvgIpc) is 2.29. The fourth-order valence-corrected chi connectivity index (χ4v) is 2.30. The zero-order chi connectivity index (χ0) is 8.72. The van der Waals surface area contributed by atoms with Crippen molar-refractivity contribution in [1.29, 1.82) is 0 Å². The highest BCUT2D eigenvalue weighted by Crippen LogP contribution is 2.27. The third kappa shape index (κ3) is 1.15. The van der Waals surface area contributed by atoms with Crippen LogP contribution in [0.1, 0.15) is 12.8 Å². The molecule has 0 unspecified atom stereocenters. The van der Waals surface area contributed by atoms with Gasteiger partial charge in [0, 0.05) is 6.54 Å². The second-order valence-electron chi connectivity index (χ2n) is 3.75. The van der Waals surface area contributed by atoms with Crippen molar-refractivity contribution in [1.82, 2.24) is 4.90 Å². The highest BCUT2D eigenvalue weighted by Gasteiger charge is 2.45. The molecule has 4 nitrogen and oxygen atoms in total. The highest BCUT2D eigenvalue weighted by molar-refractivity contribution is 4.99. The van der Waals surface area contributed by atoms with E-state index in [1.54, 1.807) is 0 Å². The van der Waals surface area contributed by atoms with Crippen molar-refractivity contribution in [2.75, 3.05) is 13.1 Å². The van der Waals surface area contributed by atoms with Gasteiger partial charge in [-0.05, 0) is 19.4 Å². The van der Waals surface area contributed by atoms with Crippen LogP contribution in [0.3, 0.4) is 0 Å². The van der Waals surface area contributed by atoms with Crippen molar-refractivity contribution in [3.63, 3.8) is 0 Å². The van der Waals surface area contributed by atoms with Gasteiger partial charge in [0.1, 0.15) is 0 Å². The third-order valence-corrected chi connectivity index (χ3v) is 2.93. The number of hydrogen-bond acceptors (Lipinski definition) is 4. The van der Waals surface area contributed by atoms with E-state index in [-0.39, 0.29) is 6.04 Å². The van der Waals surface area contributed by atoms with E-state index in [0.29, 0.717) is 6.54 Å². The van der Waals surface area contributed by atoms with Crippen molar-refractivity contribution in [2.45, 2.75) is 37.2 Å². The van der Waals surface area contributed by atoms with Crippen LogP contribution in [0.25, 0.3) is 0 Å². The van der Waals surface area contributed by atoms with E-state index in [4.69, 9.17) is 0 Å². The van der Waals surface area contributed by atoms with E-state index in [1.165, 1.54) is 0 Å². The summed E-state index contributed by atoms with van der Waals surface area (Å²) in [6.45, 7) is 1.39. The molecule has 0 aliphatic carbocycles. The fraction of sp³-hybridized carbons (Fsp3) is 1.00. The van der Waals surface area contributed by atoms with Crippen LogP contribution >= 0.6 is 0 Å². The quantitative estimate of drug-likeness (QED) is 0.419. The normalized spacial score (nSPS) is 49.2. The Kier molecular flexibility index (Phi) is 2.08. The van der Waals surface area contributed by atoms with E-state index >= 15 is 0 Å². The lowest BCUT2D eigenvalue weighted by atomic mass is 9.97. The van der Waals surface area contributed by atoms with E-state index in [2.05, 4.69) is 0 Å². The second-order valence-corrected chi connectivity index (χ2v) is 3.75. The first-order chi connectivity index (χ1) is 5.70. The minimum Gasteiger partial charge on any atom is -0.391 e. The van der Waals surface area contributed by atoms with Crippen LogP contribution in [0.5, 0.6) is 0 Å². The van der Waals surface area contributed by atoms with Crippen LogP contribution in [0.15, 0.2) is 0 Å². The van der Waals surface area contributed by atoms with E-state index < -0.39 is 18.3 Å². The minimum absolute atomic E-state index is 0.228. The number of hydrogen-bond donors (Lipinski definition) is 3. The minimum atomic E-state index is -0.764. The van der Waals surface area contributed by atoms with E-state index in [9.17, 15) is 15.3 Å². The average molecular weight is 173 g/mol. The standard InChI is InChI=1S/C8H15NO3/c10-5-2-1-3-9-4-6(11)8(12)7(5)9/h5-8,10-12H,1-4H2/t5-,6+,7+,8+/m0/s1.